The van der Waals surface area contributed by atoms with Gasteiger partial charge in [0.25, 0.3) is 0 Å². The molecule has 1 saturated heterocycles. The lowest BCUT2D eigenvalue weighted by Crippen LogP contribution is -2.53. The molecular weight excluding hydrogens is 294 g/mol. The van der Waals surface area contributed by atoms with E-state index in [0.29, 0.717) is 13.1 Å². The molecule has 1 fully saturated rings. The van der Waals surface area contributed by atoms with E-state index < -0.39 is 0 Å². The first-order valence-electron chi connectivity index (χ1n) is 8.09. The molecule has 23 heavy (non-hydrogen) atoms. The third-order valence-electron chi connectivity index (χ3n) is 4.62. The lowest BCUT2D eigenvalue weighted by molar-refractivity contribution is -0.137. The second kappa shape index (κ2) is 6.58. The first-order chi connectivity index (χ1) is 11.1. The smallest absolute Gasteiger partial charge is 0.239 e. The Morgan fingerprint density at radius 1 is 1.48 bits per heavy atom. The van der Waals surface area contributed by atoms with Crippen molar-refractivity contribution in [2.45, 2.75) is 31.9 Å². The minimum Gasteiger partial charge on any atom is -0.488 e. The number of nitrogens with zero attached hydrogens (tertiary/aromatic N) is 1. The minimum atomic E-state index is -0.0964. The number of ether oxygens (including phenoxy) is 1. The van der Waals surface area contributed by atoms with Crippen molar-refractivity contribution in [2.75, 3.05) is 26.2 Å². The van der Waals surface area contributed by atoms with Crippen LogP contribution in [0.15, 0.2) is 24.3 Å². The van der Waals surface area contributed by atoms with Crippen LogP contribution in [0.2, 0.25) is 0 Å². The van der Waals surface area contributed by atoms with E-state index in [1.807, 2.05) is 25.1 Å². The normalized spacial score (nSPS) is 24.6. The number of benzene rings is 1. The second-order valence-corrected chi connectivity index (χ2v) is 6.24. The Morgan fingerprint density at radius 3 is 3.00 bits per heavy atom. The standard InChI is InChI=1S/C17H23N3O3/c1-11-13-5-3-4-6-14(13)23-17(11)12(2)19-9-16(22)20-8-7-18-15(21)10-20/h3-6,11-12,17,19H,7-10H2,1-2H3,(H,18,21). The zero-order chi connectivity index (χ0) is 16.4. The van der Waals surface area contributed by atoms with Gasteiger partial charge < -0.3 is 20.3 Å². The topological polar surface area (TPSA) is 70.7 Å². The average molecular weight is 317 g/mol. The molecule has 6 nitrogen and oxygen atoms in total. The van der Waals surface area contributed by atoms with Crippen molar-refractivity contribution in [3.05, 3.63) is 29.8 Å². The van der Waals surface area contributed by atoms with Crippen LogP contribution < -0.4 is 15.4 Å². The number of carbonyl (C=O) groups is 2. The largest absolute Gasteiger partial charge is 0.488 e. The molecule has 0 bridgehead atoms. The van der Waals surface area contributed by atoms with Gasteiger partial charge in [0.1, 0.15) is 11.9 Å². The summed E-state index contributed by atoms with van der Waals surface area (Å²) >= 11 is 0. The van der Waals surface area contributed by atoms with Crippen molar-refractivity contribution >= 4 is 11.8 Å². The van der Waals surface area contributed by atoms with Gasteiger partial charge in [0, 0.05) is 30.6 Å². The van der Waals surface area contributed by atoms with Crippen molar-refractivity contribution in [2.24, 2.45) is 0 Å². The number of piperazine rings is 1. The maximum Gasteiger partial charge on any atom is 0.239 e. The molecule has 1 aromatic carbocycles. The van der Waals surface area contributed by atoms with Gasteiger partial charge in [0.15, 0.2) is 0 Å². The summed E-state index contributed by atoms with van der Waals surface area (Å²) in [6, 6.07) is 8.10. The third-order valence-corrected chi connectivity index (χ3v) is 4.62. The zero-order valence-electron chi connectivity index (χ0n) is 13.5. The quantitative estimate of drug-likeness (QED) is 0.848. The molecule has 3 unspecified atom stereocenters. The number of para-hydroxylation sites is 1. The van der Waals surface area contributed by atoms with Crippen LogP contribution >= 0.6 is 0 Å². The summed E-state index contributed by atoms with van der Waals surface area (Å²) in [5.41, 5.74) is 1.21. The summed E-state index contributed by atoms with van der Waals surface area (Å²) < 4.78 is 6.02. The Bertz CT molecular complexity index is 605. The highest BCUT2D eigenvalue weighted by Gasteiger charge is 2.34. The lowest BCUT2D eigenvalue weighted by atomic mass is 9.94. The molecule has 3 rings (SSSR count). The highest BCUT2D eigenvalue weighted by Crippen LogP contribution is 2.38. The Balaban J connectivity index is 1.53. The molecule has 2 heterocycles. The Kier molecular flexibility index (Phi) is 4.52. The summed E-state index contributed by atoms with van der Waals surface area (Å²) in [6.07, 6.45) is 0.00449. The summed E-state index contributed by atoms with van der Waals surface area (Å²) in [5, 5.41) is 5.97. The maximum absolute atomic E-state index is 12.2. The van der Waals surface area contributed by atoms with Crippen molar-refractivity contribution in [3.8, 4) is 5.75 Å². The predicted octanol–water partition coefficient (Wildman–Crippen LogP) is 0.488. The summed E-state index contributed by atoms with van der Waals surface area (Å²) in [4.78, 5) is 25.1. The summed E-state index contributed by atoms with van der Waals surface area (Å²) in [7, 11) is 0. The highest BCUT2D eigenvalue weighted by molar-refractivity contribution is 5.86. The van der Waals surface area contributed by atoms with Crippen LogP contribution in [0.25, 0.3) is 0 Å². The van der Waals surface area contributed by atoms with E-state index >= 15 is 0 Å². The third kappa shape index (κ3) is 3.32. The Labute approximate surface area is 136 Å². The van der Waals surface area contributed by atoms with E-state index in [4.69, 9.17) is 4.74 Å². The van der Waals surface area contributed by atoms with Crippen LogP contribution in [0.3, 0.4) is 0 Å². The van der Waals surface area contributed by atoms with Crippen molar-refractivity contribution in [1.29, 1.82) is 0 Å². The van der Waals surface area contributed by atoms with E-state index in [9.17, 15) is 9.59 Å². The molecule has 3 atom stereocenters. The fraction of sp³-hybridized carbons (Fsp3) is 0.529. The molecule has 1 aromatic rings. The summed E-state index contributed by atoms with van der Waals surface area (Å²) in [5.74, 6) is 1.07. The second-order valence-electron chi connectivity index (χ2n) is 6.24. The lowest BCUT2D eigenvalue weighted by Gasteiger charge is -2.28. The van der Waals surface area contributed by atoms with Gasteiger partial charge >= 0.3 is 0 Å². The van der Waals surface area contributed by atoms with Gasteiger partial charge in [-0.1, -0.05) is 25.1 Å². The molecular formula is C17H23N3O3. The number of hydrogen-bond donors (Lipinski definition) is 2. The van der Waals surface area contributed by atoms with Crippen molar-refractivity contribution in [1.82, 2.24) is 15.5 Å². The van der Waals surface area contributed by atoms with E-state index in [-0.39, 0.29) is 43.0 Å². The maximum atomic E-state index is 12.2. The number of fused-ring (bicyclic) bond motifs is 1. The molecule has 2 aliphatic rings. The zero-order valence-corrected chi connectivity index (χ0v) is 13.5. The molecule has 2 amide bonds. The van der Waals surface area contributed by atoms with Gasteiger partial charge in [0.2, 0.25) is 11.8 Å². The van der Waals surface area contributed by atoms with Gasteiger partial charge in [-0.05, 0) is 13.0 Å². The molecule has 0 radical (unpaired) electrons. The summed E-state index contributed by atoms with van der Waals surface area (Å²) in [6.45, 7) is 5.64. The van der Waals surface area contributed by atoms with Crippen LogP contribution in [-0.2, 0) is 9.59 Å². The number of hydrogen-bond acceptors (Lipinski definition) is 4. The SMILES string of the molecule is CC(NCC(=O)N1CCNC(=O)C1)C1Oc2ccccc2C1C. The van der Waals surface area contributed by atoms with E-state index in [0.717, 1.165) is 5.75 Å². The minimum absolute atomic E-state index is 0.00449. The van der Waals surface area contributed by atoms with Crippen LogP contribution in [0.5, 0.6) is 5.75 Å². The van der Waals surface area contributed by atoms with Gasteiger partial charge in [-0.2, -0.15) is 0 Å². The van der Waals surface area contributed by atoms with Crippen LogP contribution in [-0.4, -0.2) is 55.0 Å². The number of amides is 2. The fourth-order valence-corrected chi connectivity index (χ4v) is 3.25. The van der Waals surface area contributed by atoms with Crippen LogP contribution in [0, 0.1) is 0 Å². The van der Waals surface area contributed by atoms with E-state index in [1.54, 1.807) is 4.90 Å². The van der Waals surface area contributed by atoms with Gasteiger partial charge in [0.05, 0.1) is 13.1 Å². The van der Waals surface area contributed by atoms with Crippen LogP contribution in [0.1, 0.15) is 25.3 Å². The molecule has 124 valence electrons. The first kappa shape index (κ1) is 15.8. The number of rotatable bonds is 4. The molecule has 0 aliphatic carbocycles. The average Bonchev–Trinajstić information content (AvgIpc) is 2.90. The highest BCUT2D eigenvalue weighted by atomic mass is 16.5. The van der Waals surface area contributed by atoms with Crippen molar-refractivity contribution < 1.29 is 14.3 Å². The monoisotopic (exact) mass is 317 g/mol. The van der Waals surface area contributed by atoms with Crippen LogP contribution in [0.4, 0.5) is 0 Å². The molecule has 2 N–H and O–H groups in total. The molecule has 0 spiro atoms. The number of nitrogens with one attached hydrogen (secondary N) is 2. The van der Waals surface area contributed by atoms with E-state index in [1.165, 1.54) is 5.56 Å². The van der Waals surface area contributed by atoms with Gasteiger partial charge in [-0.15, -0.1) is 0 Å². The Hall–Kier alpha value is -2.08. The number of carbonyl (C=O) groups excluding carboxylic acids is 2. The predicted molar refractivity (Wildman–Crippen MR) is 86.3 cm³/mol. The first-order valence-corrected chi connectivity index (χ1v) is 8.09. The molecule has 0 saturated carbocycles. The fourth-order valence-electron chi connectivity index (χ4n) is 3.25. The van der Waals surface area contributed by atoms with Crippen molar-refractivity contribution in [3.63, 3.8) is 0 Å². The Morgan fingerprint density at radius 2 is 2.26 bits per heavy atom. The van der Waals surface area contributed by atoms with Gasteiger partial charge in [-0.3, -0.25) is 9.59 Å². The molecule has 2 aliphatic heterocycles. The van der Waals surface area contributed by atoms with E-state index in [2.05, 4.69) is 23.6 Å². The molecule has 6 heteroatoms. The van der Waals surface area contributed by atoms with Gasteiger partial charge in [-0.25, -0.2) is 0 Å². The molecule has 0 aromatic heterocycles.